The summed E-state index contributed by atoms with van der Waals surface area (Å²) in [4.78, 5) is 25.8. The van der Waals surface area contributed by atoms with E-state index in [9.17, 15) is 9.59 Å². The Morgan fingerprint density at radius 1 is 1.12 bits per heavy atom. The molecule has 0 fully saturated rings. The number of carbonyl (C=O) groups is 2. The van der Waals surface area contributed by atoms with Crippen LogP contribution in [0.4, 0.5) is 11.4 Å². The number of halogens is 1. The second-order valence-electron chi connectivity index (χ2n) is 5.52. The van der Waals surface area contributed by atoms with Gasteiger partial charge in [0.15, 0.2) is 6.61 Å². The minimum atomic E-state index is -0.525. The van der Waals surface area contributed by atoms with Gasteiger partial charge in [0.05, 0.1) is 5.56 Å². The number of aryl methyl sites for hydroxylation is 1. The largest absolute Gasteiger partial charge is 0.452 e. The molecule has 2 rings (SSSR count). The van der Waals surface area contributed by atoms with E-state index in [1.54, 1.807) is 18.2 Å². The topological polar surface area (TPSA) is 58.6 Å². The van der Waals surface area contributed by atoms with E-state index in [4.69, 9.17) is 4.74 Å². The first kappa shape index (κ1) is 18.0. The number of anilines is 2. The third-order valence-corrected chi connectivity index (χ3v) is 3.91. The monoisotopic (exact) mass is 390 g/mol. The van der Waals surface area contributed by atoms with Crippen molar-refractivity contribution in [2.24, 2.45) is 0 Å². The zero-order valence-corrected chi connectivity index (χ0v) is 15.4. The van der Waals surface area contributed by atoms with Crippen molar-refractivity contribution in [3.8, 4) is 0 Å². The second-order valence-corrected chi connectivity index (χ2v) is 6.44. The van der Waals surface area contributed by atoms with E-state index in [0.717, 1.165) is 15.7 Å². The summed E-state index contributed by atoms with van der Waals surface area (Å²) in [7, 11) is 3.84. The molecule has 5 nitrogen and oxygen atoms in total. The maximum Gasteiger partial charge on any atom is 0.338 e. The summed E-state index contributed by atoms with van der Waals surface area (Å²) < 4.78 is 5.99. The van der Waals surface area contributed by atoms with Crippen LogP contribution in [-0.2, 0) is 9.53 Å². The molecule has 0 bridgehead atoms. The van der Waals surface area contributed by atoms with Gasteiger partial charge in [-0.15, -0.1) is 0 Å². The summed E-state index contributed by atoms with van der Waals surface area (Å²) in [5.74, 6) is -0.901. The van der Waals surface area contributed by atoms with Crippen LogP contribution in [0, 0.1) is 6.92 Å². The number of esters is 1. The normalized spacial score (nSPS) is 10.2. The van der Waals surface area contributed by atoms with E-state index in [2.05, 4.69) is 21.2 Å². The molecular formula is C18H19BrN2O3. The SMILES string of the molecule is Cc1cc(Br)ccc1NC(=O)COC(=O)c1ccc(N(C)C)cc1. The summed E-state index contributed by atoms with van der Waals surface area (Å²) in [6.45, 7) is 1.56. The average Bonchev–Trinajstić information content (AvgIpc) is 2.55. The van der Waals surface area contributed by atoms with Crippen LogP contribution in [0.2, 0.25) is 0 Å². The zero-order valence-electron chi connectivity index (χ0n) is 13.8. The minimum Gasteiger partial charge on any atom is -0.452 e. The molecular weight excluding hydrogens is 372 g/mol. The Hall–Kier alpha value is -2.34. The predicted octanol–water partition coefficient (Wildman–Crippen LogP) is 3.62. The summed E-state index contributed by atoms with van der Waals surface area (Å²) in [6.07, 6.45) is 0. The van der Waals surface area contributed by atoms with Crippen LogP contribution in [0.15, 0.2) is 46.9 Å². The number of ether oxygens (including phenoxy) is 1. The maximum absolute atomic E-state index is 12.0. The van der Waals surface area contributed by atoms with Crippen molar-refractivity contribution in [3.63, 3.8) is 0 Å². The molecule has 126 valence electrons. The summed E-state index contributed by atoms with van der Waals surface area (Å²) >= 11 is 3.37. The van der Waals surface area contributed by atoms with Crippen LogP contribution in [-0.4, -0.2) is 32.6 Å². The quantitative estimate of drug-likeness (QED) is 0.792. The van der Waals surface area contributed by atoms with Gasteiger partial charge >= 0.3 is 5.97 Å². The minimum absolute atomic E-state index is 0.330. The fraction of sp³-hybridized carbons (Fsp3) is 0.222. The number of carbonyl (C=O) groups excluding carboxylic acids is 2. The lowest BCUT2D eigenvalue weighted by Crippen LogP contribution is -2.21. The van der Waals surface area contributed by atoms with Crippen molar-refractivity contribution in [1.82, 2.24) is 0 Å². The second kappa shape index (κ2) is 7.97. The average molecular weight is 391 g/mol. The highest BCUT2D eigenvalue weighted by Crippen LogP contribution is 2.20. The van der Waals surface area contributed by atoms with E-state index in [1.165, 1.54) is 0 Å². The molecule has 2 aromatic carbocycles. The highest BCUT2D eigenvalue weighted by Gasteiger charge is 2.11. The Kier molecular flexibility index (Phi) is 5.98. The number of amides is 1. The van der Waals surface area contributed by atoms with Crippen molar-refractivity contribution in [2.45, 2.75) is 6.92 Å². The van der Waals surface area contributed by atoms with E-state index < -0.39 is 5.97 Å². The lowest BCUT2D eigenvalue weighted by Gasteiger charge is -2.12. The van der Waals surface area contributed by atoms with Crippen molar-refractivity contribution in [3.05, 3.63) is 58.1 Å². The van der Waals surface area contributed by atoms with Gasteiger partial charge in [0.2, 0.25) is 0 Å². The van der Waals surface area contributed by atoms with Gasteiger partial charge in [-0.25, -0.2) is 4.79 Å². The lowest BCUT2D eigenvalue weighted by molar-refractivity contribution is -0.119. The van der Waals surface area contributed by atoms with Crippen molar-refractivity contribution >= 4 is 39.2 Å². The first-order valence-corrected chi connectivity index (χ1v) is 8.16. The van der Waals surface area contributed by atoms with Gasteiger partial charge in [0, 0.05) is 29.9 Å². The molecule has 0 aliphatic carbocycles. The molecule has 0 saturated carbocycles. The van der Waals surface area contributed by atoms with Gasteiger partial charge in [-0.2, -0.15) is 0 Å². The van der Waals surface area contributed by atoms with Gasteiger partial charge < -0.3 is 15.0 Å². The van der Waals surface area contributed by atoms with Gasteiger partial charge in [0.25, 0.3) is 5.91 Å². The first-order valence-electron chi connectivity index (χ1n) is 7.37. The molecule has 1 N–H and O–H groups in total. The van der Waals surface area contributed by atoms with Gasteiger partial charge in [0.1, 0.15) is 0 Å². The van der Waals surface area contributed by atoms with Crippen LogP contribution in [0.1, 0.15) is 15.9 Å². The zero-order chi connectivity index (χ0) is 17.7. The van der Waals surface area contributed by atoms with E-state index in [1.807, 2.05) is 50.2 Å². The molecule has 6 heteroatoms. The van der Waals surface area contributed by atoms with Crippen molar-refractivity contribution < 1.29 is 14.3 Å². The molecule has 0 radical (unpaired) electrons. The van der Waals surface area contributed by atoms with Gasteiger partial charge in [-0.05, 0) is 55.0 Å². The maximum atomic E-state index is 12.0. The van der Waals surface area contributed by atoms with Crippen molar-refractivity contribution in [1.29, 1.82) is 0 Å². The van der Waals surface area contributed by atoms with Gasteiger partial charge in [-0.1, -0.05) is 15.9 Å². The number of nitrogens with one attached hydrogen (secondary N) is 1. The Morgan fingerprint density at radius 3 is 2.38 bits per heavy atom. The van der Waals surface area contributed by atoms with E-state index in [0.29, 0.717) is 11.3 Å². The molecule has 0 aliphatic heterocycles. The molecule has 0 aromatic heterocycles. The highest BCUT2D eigenvalue weighted by molar-refractivity contribution is 9.10. The molecule has 0 unspecified atom stereocenters. The number of benzene rings is 2. The fourth-order valence-electron chi connectivity index (χ4n) is 2.06. The summed E-state index contributed by atoms with van der Waals surface area (Å²) in [5, 5.41) is 2.72. The van der Waals surface area contributed by atoms with Crippen LogP contribution >= 0.6 is 15.9 Å². The lowest BCUT2D eigenvalue weighted by atomic mass is 10.2. The van der Waals surface area contributed by atoms with Crippen LogP contribution in [0.3, 0.4) is 0 Å². The smallest absolute Gasteiger partial charge is 0.338 e. The third kappa shape index (κ3) is 4.83. The van der Waals surface area contributed by atoms with Crippen molar-refractivity contribution in [2.75, 3.05) is 30.9 Å². The summed E-state index contributed by atoms with van der Waals surface area (Å²) in [6, 6.07) is 12.5. The summed E-state index contributed by atoms with van der Waals surface area (Å²) in [5.41, 5.74) is 3.00. The Morgan fingerprint density at radius 2 is 1.79 bits per heavy atom. The molecule has 1 amide bonds. The number of rotatable bonds is 5. The standard InChI is InChI=1S/C18H19BrN2O3/c1-12-10-14(19)6-9-16(12)20-17(22)11-24-18(23)13-4-7-15(8-5-13)21(2)3/h4-10H,11H2,1-3H3,(H,20,22). The Labute approximate surface area is 149 Å². The molecule has 0 saturated heterocycles. The Bertz CT molecular complexity index is 742. The molecule has 0 atom stereocenters. The number of nitrogens with zero attached hydrogens (tertiary/aromatic N) is 1. The number of hydrogen-bond acceptors (Lipinski definition) is 4. The van der Waals surface area contributed by atoms with Gasteiger partial charge in [-0.3, -0.25) is 4.79 Å². The van der Waals surface area contributed by atoms with Crippen LogP contribution < -0.4 is 10.2 Å². The molecule has 2 aromatic rings. The molecule has 24 heavy (non-hydrogen) atoms. The third-order valence-electron chi connectivity index (χ3n) is 3.42. The highest BCUT2D eigenvalue weighted by atomic mass is 79.9. The van der Waals surface area contributed by atoms with Crippen LogP contribution in [0.5, 0.6) is 0 Å². The van der Waals surface area contributed by atoms with E-state index in [-0.39, 0.29) is 12.5 Å². The van der Waals surface area contributed by atoms with E-state index >= 15 is 0 Å². The fourth-order valence-corrected chi connectivity index (χ4v) is 2.54. The molecule has 0 aliphatic rings. The molecule has 0 spiro atoms. The number of hydrogen-bond donors (Lipinski definition) is 1. The van der Waals surface area contributed by atoms with Crippen LogP contribution in [0.25, 0.3) is 0 Å². The molecule has 0 heterocycles. The Balaban J connectivity index is 1.90. The predicted molar refractivity (Wildman–Crippen MR) is 98.6 cm³/mol. The first-order chi connectivity index (χ1) is 11.4.